The summed E-state index contributed by atoms with van der Waals surface area (Å²) in [5.41, 5.74) is 15.3. The second kappa shape index (κ2) is 5.28. The van der Waals surface area contributed by atoms with Gasteiger partial charge in [0, 0.05) is 11.8 Å². The fourth-order valence-electron chi connectivity index (χ4n) is 2.74. The molecule has 1 aromatic carbocycles. The number of ketones is 1. The van der Waals surface area contributed by atoms with Crippen molar-refractivity contribution in [3.8, 4) is 0 Å². The first-order valence-corrected chi connectivity index (χ1v) is 7.22. The summed E-state index contributed by atoms with van der Waals surface area (Å²) in [6.07, 6.45) is 1.70. The van der Waals surface area contributed by atoms with Gasteiger partial charge >= 0.3 is 0 Å². The number of pyridine rings is 1. The van der Waals surface area contributed by atoms with E-state index in [-0.39, 0.29) is 22.7 Å². The topological polar surface area (TPSA) is 90.6 Å². The summed E-state index contributed by atoms with van der Waals surface area (Å²) >= 11 is 0. The highest BCUT2D eigenvalue weighted by molar-refractivity contribution is 6.17. The number of primary amides is 1. The van der Waals surface area contributed by atoms with E-state index in [1.54, 1.807) is 34.9 Å². The number of hydrogen-bond donors (Lipinski definition) is 2. The highest BCUT2D eigenvalue weighted by Gasteiger charge is 2.24. The number of anilines is 1. The number of carbonyl (C=O) groups excluding carboxylic acids is 2. The van der Waals surface area contributed by atoms with Crippen LogP contribution in [-0.4, -0.2) is 16.1 Å². The summed E-state index contributed by atoms with van der Waals surface area (Å²) in [6.45, 7) is 3.93. The van der Waals surface area contributed by atoms with Crippen LogP contribution in [0.25, 0.3) is 5.52 Å². The first kappa shape index (κ1) is 14.8. The van der Waals surface area contributed by atoms with Crippen molar-refractivity contribution >= 4 is 22.9 Å². The lowest BCUT2D eigenvalue weighted by Gasteiger charge is -2.06. The molecule has 0 aliphatic rings. The van der Waals surface area contributed by atoms with E-state index in [4.69, 9.17) is 11.5 Å². The number of nitrogen functional groups attached to an aromatic ring is 1. The van der Waals surface area contributed by atoms with Gasteiger partial charge in [-0.25, -0.2) is 0 Å². The Labute approximate surface area is 133 Å². The Kier molecular flexibility index (Phi) is 3.41. The highest BCUT2D eigenvalue weighted by Crippen LogP contribution is 2.28. The minimum Gasteiger partial charge on any atom is -0.396 e. The third kappa shape index (κ3) is 2.26. The third-order valence-corrected chi connectivity index (χ3v) is 4.11. The molecule has 116 valence electrons. The normalized spacial score (nSPS) is 10.9. The summed E-state index contributed by atoms with van der Waals surface area (Å²) in [5, 5.41) is 0. The lowest BCUT2D eigenvalue weighted by molar-refractivity contribution is 0.100. The number of aromatic nitrogens is 1. The monoisotopic (exact) mass is 307 g/mol. The summed E-state index contributed by atoms with van der Waals surface area (Å²) < 4.78 is 1.62. The first-order chi connectivity index (χ1) is 10.9. The zero-order valence-electron chi connectivity index (χ0n) is 13.0. The van der Waals surface area contributed by atoms with E-state index in [0.29, 0.717) is 11.1 Å². The van der Waals surface area contributed by atoms with Gasteiger partial charge in [-0.15, -0.1) is 0 Å². The molecule has 0 aliphatic heterocycles. The zero-order valence-corrected chi connectivity index (χ0v) is 13.0. The summed E-state index contributed by atoms with van der Waals surface area (Å²) in [5.74, 6) is -0.885. The third-order valence-electron chi connectivity index (χ3n) is 4.11. The number of carbonyl (C=O) groups is 2. The molecule has 0 unspecified atom stereocenters. The number of hydrogen-bond acceptors (Lipinski definition) is 3. The predicted molar refractivity (Wildman–Crippen MR) is 89.7 cm³/mol. The lowest BCUT2D eigenvalue weighted by atomic mass is 10.0. The molecule has 2 aromatic heterocycles. The van der Waals surface area contributed by atoms with Crippen molar-refractivity contribution in [3.63, 3.8) is 0 Å². The fraction of sp³-hybridized carbons (Fsp3) is 0.111. The Morgan fingerprint density at radius 1 is 1.04 bits per heavy atom. The number of fused-ring (bicyclic) bond motifs is 1. The molecule has 5 nitrogen and oxygen atoms in total. The maximum absolute atomic E-state index is 12.9. The van der Waals surface area contributed by atoms with E-state index in [1.165, 1.54) is 0 Å². The van der Waals surface area contributed by atoms with Gasteiger partial charge in [-0.1, -0.05) is 18.2 Å². The molecule has 5 heteroatoms. The van der Waals surface area contributed by atoms with Gasteiger partial charge in [0.1, 0.15) is 5.69 Å². The fourth-order valence-corrected chi connectivity index (χ4v) is 2.74. The summed E-state index contributed by atoms with van der Waals surface area (Å²) in [6, 6.07) is 10.7. The van der Waals surface area contributed by atoms with Crippen LogP contribution in [0.1, 0.15) is 37.5 Å². The molecular weight excluding hydrogens is 290 g/mol. The molecule has 0 saturated carbocycles. The molecule has 4 N–H and O–H groups in total. The van der Waals surface area contributed by atoms with Crippen LogP contribution in [0.2, 0.25) is 0 Å². The van der Waals surface area contributed by atoms with Gasteiger partial charge in [0.2, 0.25) is 5.78 Å². The molecule has 0 radical (unpaired) electrons. The van der Waals surface area contributed by atoms with Gasteiger partial charge in [0.15, 0.2) is 0 Å². The molecule has 0 aliphatic carbocycles. The van der Waals surface area contributed by atoms with Crippen LogP contribution in [0, 0.1) is 13.8 Å². The zero-order chi connectivity index (χ0) is 16.7. The molecule has 0 saturated heterocycles. The molecule has 0 atom stereocenters. The maximum Gasteiger partial charge on any atom is 0.253 e. The Hall–Kier alpha value is -3.08. The number of nitrogens with zero attached hydrogens (tertiary/aromatic N) is 1. The van der Waals surface area contributed by atoms with Gasteiger partial charge in [-0.3, -0.25) is 9.59 Å². The van der Waals surface area contributed by atoms with Crippen molar-refractivity contribution in [2.75, 3.05) is 5.73 Å². The Balaban J connectivity index is 2.27. The molecule has 0 spiro atoms. The van der Waals surface area contributed by atoms with Crippen molar-refractivity contribution in [3.05, 3.63) is 70.5 Å². The average Bonchev–Trinajstić information content (AvgIpc) is 2.81. The molecule has 0 fully saturated rings. The Bertz CT molecular complexity index is 954. The van der Waals surface area contributed by atoms with Crippen molar-refractivity contribution in [2.24, 2.45) is 5.73 Å². The van der Waals surface area contributed by atoms with E-state index in [2.05, 4.69) is 0 Å². The van der Waals surface area contributed by atoms with E-state index < -0.39 is 5.91 Å². The van der Waals surface area contributed by atoms with Crippen LogP contribution < -0.4 is 11.5 Å². The van der Waals surface area contributed by atoms with Crippen LogP contribution in [0.3, 0.4) is 0 Å². The second-order valence-electron chi connectivity index (χ2n) is 5.59. The summed E-state index contributed by atoms with van der Waals surface area (Å²) in [4.78, 5) is 24.7. The predicted octanol–water partition coefficient (Wildman–Crippen LogP) is 2.47. The van der Waals surface area contributed by atoms with Gasteiger partial charge in [0.05, 0.1) is 16.8 Å². The minimum atomic E-state index is -0.648. The molecule has 23 heavy (non-hydrogen) atoms. The molecule has 3 rings (SSSR count). The molecule has 1 amide bonds. The van der Waals surface area contributed by atoms with Crippen molar-refractivity contribution in [2.45, 2.75) is 13.8 Å². The van der Waals surface area contributed by atoms with Crippen LogP contribution >= 0.6 is 0 Å². The van der Waals surface area contributed by atoms with Gasteiger partial charge < -0.3 is 15.9 Å². The lowest BCUT2D eigenvalue weighted by Crippen LogP contribution is -2.13. The average molecular weight is 307 g/mol. The molecule has 2 heterocycles. The second-order valence-corrected chi connectivity index (χ2v) is 5.59. The number of aryl methyl sites for hydroxylation is 2. The van der Waals surface area contributed by atoms with Crippen molar-refractivity contribution < 1.29 is 9.59 Å². The number of rotatable bonds is 3. The molecule has 3 aromatic rings. The van der Waals surface area contributed by atoms with Crippen LogP contribution in [0.4, 0.5) is 5.69 Å². The minimum absolute atomic E-state index is 0.118. The van der Waals surface area contributed by atoms with Gasteiger partial charge in [0.25, 0.3) is 5.91 Å². The van der Waals surface area contributed by atoms with E-state index >= 15 is 0 Å². The number of nitrogens with two attached hydrogens (primary N) is 2. The SMILES string of the molecule is Cc1ccc(C(=O)c2c(N)c(C(N)=O)c3ccccn23)cc1C. The quantitative estimate of drug-likeness (QED) is 0.728. The summed E-state index contributed by atoms with van der Waals surface area (Å²) in [7, 11) is 0. The van der Waals surface area contributed by atoms with Crippen LogP contribution in [0.5, 0.6) is 0 Å². The highest BCUT2D eigenvalue weighted by atomic mass is 16.1. The van der Waals surface area contributed by atoms with E-state index in [9.17, 15) is 9.59 Å². The van der Waals surface area contributed by atoms with E-state index in [0.717, 1.165) is 11.1 Å². The van der Waals surface area contributed by atoms with Gasteiger partial charge in [-0.2, -0.15) is 0 Å². The Morgan fingerprint density at radius 3 is 2.43 bits per heavy atom. The molecule has 0 bridgehead atoms. The maximum atomic E-state index is 12.9. The number of benzene rings is 1. The number of amides is 1. The first-order valence-electron chi connectivity index (χ1n) is 7.22. The smallest absolute Gasteiger partial charge is 0.253 e. The molecular formula is C18H17N3O2. The van der Waals surface area contributed by atoms with Gasteiger partial charge in [-0.05, 0) is 43.2 Å². The van der Waals surface area contributed by atoms with Crippen molar-refractivity contribution in [1.82, 2.24) is 4.40 Å². The van der Waals surface area contributed by atoms with Crippen LogP contribution in [-0.2, 0) is 0 Å². The van der Waals surface area contributed by atoms with E-state index in [1.807, 2.05) is 26.0 Å². The Morgan fingerprint density at radius 2 is 1.78 bits per heavy atom. The standard InChI is InChI=1S/C18H17N3O2/c1-10-6-7-12(9-11(10)2)17(22)16-15(19)14(18(20)23)13-5-3-4-8-21(13)16/h3-9H,19H2,1-2H3,(H2,20,23). The van der Waals surface area contributed by atoms with Crippen molar-refractivity contribution in [1.29, 1.82) is 0 Å². The largest absolute Gasteiger partial charge is 0.396 e. The van der Waals surface area contributed by atoms with Crippen LogP contribution in [0.15, 0.2) is 42.6 Å².